The van der Waals surface area contributed by atoms with Crippen molar-refractivity contribution in [1.82, 2.24) is 19.3 Å². The second-order valence-electron chi connectivity index (χ2n) is 7.76. The molecular weight excluding hydrogens is 440 g/mol. The predicted octanol–water partition coefficient (Wildman–Crippen LogP) is 4.75. The number of rotatable bonds is 6. The summed E-state index contributed by atoms with van der Waals surface area (Å²) in [7, 11) is -3.58. The van der Waals surface area contributed by atoms with E-state index in [9.17, 15) is 8.42 Å². The Morgan fingerprint density at radius 1 is 0.969 bits per heavy atom. The van der Waals surface area contributed by atoms with E-state index >= 15 is 0 Å². The third kappa shape index (κ3) is 3.92. The van der Waals surface area contributed by atoms with E-state index in [1.807, 2.05) is 73.0 Å². The van der Waals surface area contributed by atoms with Crippen LogP contribution in [0, 0.1) is 13.8 Å². The van der Waals surface area contributed by atoms with Gasteiger partial charge in [0.2, 0.25) is 15.0 Å². The predicted molar refractivity (Wildman–Crippen MR) is 129 cm³/mol. The molecule has 0 aliphatic heterocycles. The molecule has 5 aromatic rings. The van der Waals surface area contributed by atoms with E-state index < -0.39 is 10.0 Å². The summed E-state index contributed by atoms with van der Waals surface area (Å²) >= 11 is 1.55. The van der Waals surface area contributed by atoms with Crippen LogP contribution < -0.4 is 4.72 Å². The van der Waals surface area contributed by atoms with Crippen molar-refractivity contribution in [2.24, 2.45) is 0 Å². The minimum atomic E-state index is -3.58. The Labute approximate surface area is 190 Å². The van der Waals surface area contributed by atoms with Crippen LogP contribution in [0.1, 0.15) is 16.1 Å². The summed E-state index contributed by atoms with van der Waals surface area (Å²) in [6, 6.07) is 21.0. The molecule has 0 radical (unpaired) electrons. The Morgan fingerprint density at radius 3 is 2.47 bits per heavy atom. The SMILES string of the molecule is Cc1ccc(-c2nc3sc(CCNS(=O)(=O)c4ccc5ccccc5c4)c(C)n3n2)cc1. The number of benzene rings is 3. The van der Waals surface area contributed by atoms with Gasteiger partial charge in [0.15, 0.2) is 5.82 Å². The van der Waals surface area contributed by atoms with Crippen LogP contribution >= 0.6 is 11.3 Å². The fraction of sp³-hybridized carbons (Fsp3) is 0.167. The first-order valence-corrected chi connectivity index (χ1v) is 12.6. The Kier molecular flexibility index (Phi) is 5.28. The molecule has 0 aliphatic rings. The van der Waals surface area contributed by atoms with Gasteiger partial charge in [0, 0.05) is 17.0 Å². The topological polar surface area (TPSA) is 76.4 Å². The molecule has 0 aliphatic carbocycles. The number of hydrogen-bond acceptors (Lipinski definition) is 5. The van der Waals surface area contributed by atoms with Crippen molar-refractivity contribution >= 4 is 37.1 Å². The number of aryl methyl sites for hydroxylation is 2. The lowest BCUT2D eigenvalue weighted by Gasteiger charge is -2.08. The molecule has 6 nitrogen and oxygen atoms in total. The van der Waals surface area contributed by atoms with Crippen molar-refractivity contribution < 1.29 is 8.42 Å². The lowest BCUT2D eigenvalue weighted by molar-refractivity contribution is 0.582. The second-order valence-corrected chi connectivity index (χ2v) is 10.6. The summed E-state index contributed by atoms with van der Waals surface area (Å²) < 4.78 is 30.1. The van der Waals surface area contributed by atoms with Gasteiger partial charge in [-0.2, -0.15) is 4.98 Å². The first kappa shape index (κ1) is 20.8. The third-order valence-electron chi connectivity index (χ3n) is 5.50. The molecule has 32 heavy (non-hydrogen) atoms. The summed E-state index contributed by atoms with van der Waals surface area (Å²) in [5, 5.41) is 6.56. The molecule has 1 N–H and O–H groups in total. The van der Waals surface area contributed by atoms with Gasteiger partial charge in [-0.25, -0.2) is 17.7 Å². The monoisotopic (exact) mass is 462 g/mol. The summed E-state index contributed by atoms with van der Waals surface area (Å²) in [5.41, 5.74) is 3.16. The van der Waals surface area contributed by atoms with Crippen molar-refractivity contribution in [1.29, 1.82) is 0 Å². The minimum Gasteiger partial charge on any atom is -0.211 e. The van der Waals surface area contributed by atoms with Crippen LogP contribution in [0.25, 0.3) is 27.1 Å². The maximum Gasteiger partial charge on any atom is 0.240 e. The zero-order valence-electron chi connectivity index (χ0n) is 17.7. The molecule has 162 valence electrons. The third-order valence-corrected chi connectivity index (χ3v) is 8.15. The molecule has 0 unspecified atom stereocenters. The zero-order chi connectivity index (χ0) is 22.3. The molecule has 0 saturated heterocycles. The second kappa shape index (κ2) is 8.12. The van der Waals surface area contributed by atoms with Crippen LogP contribution in [0.5, 0.6) is 0 Å². The Bertz CT molecular complexity index is 1530. The van der Waals surface area contributed by atoms with Gasteiger partial charge in [0.05, 0.1) is 10.6 Å². The number of nitrogens with one attached hydrogen (secondary N) is 1. The number of thiazole rings is 1. The molecule has 0 saturated carbocycles. The molecule has 3 aromatic carbocycles. The van der Waals surface area contributed by atoms with Crippen molar-refractivity contribution in [2.75, 3.05) is 6.54 Å². The molecule has 5 rings (SSSR count). The van der Waals surface area contributed by atoms with E-state index in [4.69, 9.17) is 0 Å². The molecule has 8 heteroatoms. The smallest absolute Gasteiger partial charge is 0.211 e. The first-order valence-electron chi connectivity index (χ1n) is 10.3. The molecule has 0 spiro atoms. The van der Waals surface area contributed by atoms with Gasteiger partial charge in [-0.1, -0.05) is 71.5 Å². The fourth-order valence-corrected chi connectivity index (χ4v) is 5.78. The van der Waals surface area contributed by atoms with E-state index in [1.165, 1.54) is 5.56 Å². The van der Waals surface area contributed by atoms with E-state index in [0.717, 1.165) is 31.9 Å². The minimum absolute atomic E-state index is 0.276. The summed E-state index contributed by atoms with van der Waals surface area (Å²) in [6.45, 7) is 4.35. The fourth-order valence-electron chi connectivity index (χ4n) is 3.66. The van der Waals surface area contributed by atoms with Crippen LogP contribution in [-0.4, -0.2) is 29.6 Å². The van der Waals surface area contributed by atoms with E-state index in [-0.39, 0.29) is 4.90 Å². The van der Waals surface area contributed by atoms with Gasteiger partial charge in [0.25, 0.3) is 0 Å². The highest BCUT2D eigenvalue weighted by atomic mass is 32.2. The Hall–Kier alpha value is -3.07. The molecule has 0 bridgehead atoms. The number of sulfonamides is 1. The highest BCUT2D eigenvalue weighted by Crippen LogP contribution is 2.25. The average Bonchev–Trinajstić information content (AvgIpc) is 3.33. The summed E-state index contributed by atoms with van der Waals surface area (Å²) in [6.07, 6.45) is 0.578. The molecular formula is C24H22N4O2S2. The molecule has 0 atom stereocenters. The average molecular weight is 463 g/mol. The van der Waals surface area contributed by atoms with E-state index in [2.05, 4.69) is 14.8 Å². The highest BCUT2D eigenvalue weighted by Gasteiger charge is 2.17. The van der Waals surface area contributed by atoms with Crippen LogP contribution in [0.15, 0.2) is 71.6 Å². The van der Waals surface area contributed by atoms with Crippen molar-refractivity contribution in [3.05, 3.63) is 82.9 Å². The molecule has 0 amide bonds. The standard InChI is InChI=1S/C24H22N4O2S2/c1-16-7-9-19(10-8-16)23-26-24-28(27-23)17(2)22(31-24)13-14-25-32(29,30)21-12-11-18-5-3-4-6-20(18)15-21/h3-12,15,25H,13-14H2,1-2H3. The normalized spacial score (nSPS) is 12.1. The van der Waals surface area contributed by atoms with Gasteiger partial charge in [-0.3, -0.25) is 0 Å². The van der Waals surface area contributed by atoms with Gasteiger partial charge >= 0.3 is 0 Å². The van der Waals surface area contributed by atoms with Gasteiger partial charge < -0.3 is 0 Å². The first-order chi connectivity index (χ1) is 15.4. The van der Waals surface area contributed by atoms with Crippen LogP contribution in [0.4, 0.5) is 0 Å². The number of aromatic nitrogens is 3. The van der Waals surface area contributed by atoms with E-state index in [1.54, 1.807) is 23.5 Å². The maximum absolute atomic E-state index is 12.8. The Balaban J connectivity index is 1.30. The largest absolute Gasteiger partial charge is 0.240 e. The van der Waals surface area contributed by atoms with Gasteiger partial charge in [-0.05, 0) is 43.2 Å². The number of hydrogen-bond donors (Lipinski definition) is 1. The maximum atomic E-state index is 12.8. The van der Waals surface area contributed by atoms with Gasteiger partial charge in [-0.15, -0.1) is 5.10 Å². The summed E-state index contributed by atoms with van der Waals surface area (Å²) in [4.78, 5) is 6.81. The quantitative estimate of drug-likeness (QED) is 0.395. The van der Waals surface area contributed by atoms with Crippen molar-refractivity contribution in [3.63, 3.8) is 0 Å². The highest BCUT2D eigenvalue weighted by molar-refractivity contribution is 7.89. The van der Waals surface area contributed by atoms with Crippen LogP contribution in [0.2, 0.25) is 0 Å². The number of nitrogens with zero attached hydrogens (tertiary/aromatic N) is 3. The van der Waals surface area contributed by atoms with Crippen molar-refractivity contribution in [3.8, 4) is 11.4 Å². The molecule has 2 aromatic heterocycles. The zero-order valence-corrected chi connectivity index (χ0v) is 19.4. The van der Waals surface area contributed by atoms with E-state index in [0.29, 0.717) is 18.8 Å². The van der Waals surface area contributed by atoms with Crippen molar-refractivity contribution in [2.45, 2.75) is 25.2 Å². The lowest BCUT2D eigenvalue weighted by Crippen LogP contribution is -2.26. The van der Waals surface area contributed by atoms with Crippen LogP contribution in [0.3, 0.4) is 0 Å². The molecule has 2 heterocycles. The Morgan fingerprint density at radius 2 is 1.72 bits per heavy atom. The lowest BCUT2D eigenvalue weighted by atomic mass is 10.1. The summed E-state index contributed by atoms with van der Waals surface area (Å²) in [5.74, 6) is 0.697. The number of fused-ring (bicyclic) bond motifs is 2. The van der Waals surface area contributed by atoms with Crippen LogP contribution in [-0.2, 0) is 16.4 Å². The molecule has 0 fully saturated rings. The van der Waals surface area contributed by atoms with Gasteiger partial charge in [0.1, 0.15) is 0 Å².